The van der Waals surface area contributed by atoms with E-state index < -0.39 is 35.7 Å². The van der Waals surface area contributed by atoms with Crippen molar-refractivity contribution in [2.45, 2.75) is 12.2 Å². The number of pyridine rings is 1. The van der Waals surface area contributed by atoms with Crippen LogP contribution < -0.4 is 16.0 Å². The number of hydrogen-bond acceptors (Lipinski definition) is 6. The zero-order valence-corrected chi connectivity index (χ0v) is 17.4. The minimum atomic E-state index is -4.63. The lowest BCUT2D eigenvalue weighted by Gasteiger charge is -2.36. The number of nitrogens with two attached hydrogens (primary N) is 1. The van der Waals surface area contributed by atoms with E-state index in [0.717, 1.165) is 30.2 Å². The predicted octanol–water partition coefficient (Wildman–Crippen LogP) is 2.83. The Bertz CT molecular complexity index is 1100. The van der Waals surface area contributed by atoms with Gasteiger partial charge in [-0.2, -0.15) is 25.8 Å². The summed E-state index contributed by atoms with van der Waals surface area (Å²) >= 11 is 4.20. The van der Waals surface area contributed by atoms with E-state index in [0.29, 0.717) is 5.56 Å². The molecule has 0 spiro atoms. The Morgan fingerprint density at radius 3 is 2.53 bits per heavy atom. The fraction of sp³-hybridized carbons (Fsp3) is 0.200. The highest BCUT2D eigenvalue weighted by atomic mass is 32.1. The number of urea groups is 1. The number of methoxy groups -OCH3 is 1. The van der Waals surface area contributed by atoms with Crippen LogP contribution >= 0.6 is 12.6 Å². The molecule has 1 atom stereocenters. The number of rotatable bonds is 5. The van der Waals surface area contributed by atoms with Gasteiger partial charge in [-0.1, -0.05) is 12.1 Å². The number of aromatic nitrogens is 1. The minimum absolute atomic E-state index is 0.0282. The van der Waals surface area contributed by atoms with Crippen LogP contribution in [0.15, 0.2) is 53.9 Å². The van der Waals surface area contributed by atoms with Crippen molar-refractivity contribution in [3.63, 3.8) is 0 Å². The summed E-state index contributed by atoms with van der Waals surface area (Å²) in [5.74, 6) is -1.76. The third kappa shape index (κ3) is 4.40. The van der Waals surface area contributed by atoms with Crippen molar-refractivity contribution in [1.29, 1.82) is 0 Å². The number of nitrogens with one attached hydrogen (secondary N) is 1. The van der Waals surface area contributed by atoms with Gasteiger partial charge in [-0.15, -0.1) is 0 Å². The maximum absolute atomic E-state index is 13.2. The number of anilines is 1. The zero-order chi connectivity index (χ0) is 23.6. The summed E-state index contributed by atoms with van der Waals surface area (Å²) in [7, 11) is 1.13. The lowest BCUT2D eigenvalue weighted by Crippen LogP contribution is -2.49. The first-order valence-electron chi connectivity index (χ1n) is 9.04. The number of alkyl halides is 3. The molecule has 0 saturated carbocycles. The number of esters is 1. The van der Waals surface area contributed by atoms with Gasteiger partial charge < -0.3 is 15.8 Å². The third-order valence-electron chi connectivity index (χ3n) is 4.70. The first-order valence-corrected chi connectivity index (χ1v) is 9.67. The average molecular weight is 466 g/mol. The van der Waals surface area contributed by atoms with Gasteiger partial charge in [0.25, 0.3) is 5.91 Å². The van der Waals surface area contributed by atoms with E-state index in [2.05, 4.69) is 22.9 Å². The number of carbonyl (C=O) groups is 3. The van der Waals surface area contributed by atoms with Gasteiger partial charge in [-0.25, -0.2) is 9.59 Å². The summed E-state index contributed by atoms with van der Waals surface area (Å²) in [6.07, 6.45) is -3.38. The maximum Gasteiger partial charge on any atom is 0.416 e. The van der Waals surface area contributed by atoms with Gasteiger partial charge >= 0.3 is 18.2 Å². The Morgan fingerprint density at radius 1 is 1.28 bits per heavy atom. The molecular formula is C20H17F3N4O4S. The molecule has 1 aliphatic rings. The van der Waals surface area contributed by atoms with Crippen LogP contribution in [0.25, 0.3) is 0 Å². The Labute approximate surface area is 185 Å². The third-order valence-corrected chi connectivity index (χ3v) is 5.00. The lowest BCUT2D eigenvalue weighted by atomic mass is 9.95. The molecular weight excluding hydrogens is 449 g/mol. The highest BCUT2D eigenvalue weighted by molar-refractivity contribution is 7.80. The number of halogens is 3. The summed E-state index contributed by atoms with van der Waals surface area (Å²) < 4.78 is 44.4. The van der Waals surface area contributed by atoms with Gasteiger partial charge in [0.2, 0.25) is 0 Å². The summed E-state index contributed by atoms with van der Waals surface area (Å²) in [5, 5.41) is 2.57. The minimum Gasteiger partial charge on any atom is -0.466 e. The molecule has 3 amide bonds. The van der Waals surface area contributed by atoms with Crippen LogP contribution in [0.2, 0.25) is 0 Å². The first-order chi connectivity index (χ1) is 15.1. The highest BCUT2D eigenvalue weighted by Gasteiger charge is 2.39. The normalized spacial score (nSPS) is 16.6. The molecule has 8 nitrogen and oxygen atoms in total. The van der Waals surface area contributed by atoms with E-state index in [1.807, 2.05) is 0 Å². The Hall–Kier alpha value is -3.54. The van der Waals surface area contributed by atoms with Crippen molar-refractivity contribution in [2.75, 3.05) is 17.8 Å². The van der Waals surface area contributed by atoms with Crippen LogP contribution in [0.3, 0.4) is 0 Å². The second-order valence-electron chi connectivity index (χ2n) is 6.62. The van der Waals surface area contributed by atoms with Gasteiger partial charge in [0.05, 0.1) is 35.7 Å². The summed E-state index contributed by atoms with van der Waals surface area (Å²) in [6.45, 7) is 0. The molecule has 168 valence electrons. The molecule has 2 aromatic rings. The predicted molar refractivity (Wildman–Crippen MR) is 111 cm³/mol. The second kappa shape index (κ2) is 8.91. The smallest absolute Gasteiger partial charge is 0.416 e. The van der Waals surface area contributed by atoms with Gasteiger partial charge in [0.15, 0.2) is 0 Å². The van der Waals surface area contributed by atoms with Crippen molar-refractivity contribution >= 4 is 36.2 Å². The Kier molecular flexibility index (Phi) is 6.44. The van der Waals surface area contributed by atoms with E-state index in [4.69, 9.17) is 10.5 Å². The topological polar surface area (TPSA) is 115 Å². The standard InChI is InChI=1S/C20H17F3N4O4S/c1-31-18(29)15-14(9-32)27(12-4-2-3-11(7-12)20(21,22)23)19(30)26-16(15)10-5-6-13(17(24)28)25-8-10/h2-8,16,32H,9H2,1H3,(H2,24,28)(H,26,30)/t16-/m1/s1. The number of nitrogens with zero attached hydrogens (tertiary/aromatic N) is 2. The van der Waals surface area contributed by atoms with Crippen molar-refractivity contribution in [3.8, 4) is 0 Å². The van der Waals surface area contributed by atoms with Gasteiger partial charge in [-0.3, -0.25) is 14.7 Å². The molecule has 2 heterocycles. The van der Waals surface area contributed by atoms with Gasteiger partial charge in [0, 0.05) is 11.9 Å². The van der Waals surface area contributed by atoms with Crippen LogP contribution in [0, 0.1) is 0 Å². The molecule has 0 bridgehead atoms. The molecule has 0 fully saturated rings. The van der Waals surface area contributed by atoms with Gasteiger partial charge in [0.1, 0.15) is 5.69 Å². The largest absolute Gasteiger partial charge is 0.466 e. The summed E-state index contributed by atoms with van der Waals surface area (Å²) in [6, 6.07) is 5.04. The van der Waals surface area contributed by atoms with E-state index in [9.17, 15) is 27.6 Å². The van der Waals surface area contributed by atoms with Crippen LogP contribution in [-0.4, -0.2) is 35.8 Å². The van der Waals surface area contributed by atoms with Crippen molar-refractivity contribution < 1.29 is 32.3 Å². The number of benzene rings is 1. The van der Waals surface area contributed by atoms with Crippen molar-refractivity contribution in [1.82, 2.24) is 10.3 Å². The number of primary amides is 1. The number of amides is 3. The summed E-state index contributed by atoms with van der Waals surface area (Å²) in [5.41, 5.74) is 4.39. The molecule has 0 saturated heterocycles. The number of hydrogen-bond donors (Lipinski definition) is 3. The van der Waals surface area contributed by atoms with Crippen LogP contribution in [0.4, 0.5) is 23.7 Å². The van der Waals surface area contributed by atoms with E-state index in [1.165, 1.54) is 24.4 Å². The fourth-order valence-corrected chi connectivity index (χ4v) is 3.55. The van der Waals surface area contributed by atoms with E-state index in [1.54, 1.807) is 0 Å². The number of thiol groups is 1. The van der Waals surface area contributed by atoms with E-state index >= 15 is 0 Å². The Morgan fingerprint density at radius 2 is 2.00 bits per heavy atom. The first kappa shape index (κ1) is 23.1. The SMILES string of the molecule is COC(=O)C1=C(CS)N(c2cccc(C(F)(F)F)c2)C(=O)N[C@@H]1c1ccc(C(N)=O)nc1. The highest BCUT2D eigenvalue weighted by Crippen LogP contribution is 2.37. The van der Waals surface area contributed by atoms with Crippen LogP contribution in [0.5, 0.6) is 0 Å². The molecule has 3 rings (SSSR count). The monoisotopic (exact) mass is 466 g/mol. The molecule has 1 aromatic heterocycles. The molecule has 12 heteroatoms. The maximum atomic E-state index is 13.2. The van der Waals surface area contributed by atoms with Crippen LogP contribution in [0.1, 0.15) is 27.7 Å². The van der Waals surface area contributed by atoms with Crippen LogP contribution in [-0.2, 0) is 15.7 Å². The fourth-order valence-electron chi connectivity index (χ4n) is 3.24. The van der Waals surface area contributed by atoms with Crippen molar-refractivity contribution in [2.24, 2.45) is 5.73 Å². The second-order valence-corrected chi connectivity index (χ2v) is 6.93. The molecule has 1 aromatic carbocycles. The molecule has 32 heavy (non-hydrogen) atoms. The van der Waals surface area contributed by atoms with E-state index in [-0.39, 0.29) is 28.4 Å². The van der Waals surface area contributed by atoms with Gasteiger partial charge in [-0.05, 0) is 29.8 Å². The molecule has 0 aliphatic carbocycles. The average Bonchev–Trinajstić information content (AvgIpc) is 2.77. The molecule has 0 unspecified atom stereocenters. The quantitative estimate of drug-likeness (QED) is 0.463. The summed E-state index contributed by atoms with van der Waals surface area (Å²) in [4.78, 5) is 41.7. The Balaban J connectivity index is 2.16. The number of ether oxygens (including phenoxy) is 1. The zero-order valence-electron chi connectivity index (χ0n) is 16.5. The molecule has 3 N–H and O–H groups in total. The lowest BCUT2D eigenvalue weighted by molar-refractivity contribution is -0.138. The molecule has 0 radical (unpaired) electrons. The van der Waals surface area contributed by atoms with Crippen molar-refractivity contribution in [3.05, 3.63) is 70.7 Å². The molecule has 1 aliphatic heterocycles. The number of carbonyl (C=O) groups excluding carboxylic acids is 3.